The van der Waals surface area contributed by atoms with Crippen molar-refractivity contribution in [2.45, 2.75) is 18.7 Å². The van der Waals surface area contributed by atoms with Gasteiger partial charge in [0.25, 0.3) is 0 Å². The highest BCUT2D eigenvalue weighted by Crippen LogP contribution is 2.28. The number of carbonyl (C=O) groups is 2. The molecule has 4 nitrogen and oxygen atoms in total. The van der Waals surface area contributed by atoms with Crippen LogP contribution in [0.4, 0.5) is 0 Å². The maximum atomic E-state index is 10.9. The van der Waals surface area contributed by atoms with E-state index in [0.717, 1.165) is 5.56 Å². The average molecular weight is 322 g/mol. The van der Waals surface area contributed by atoms with E-state index in [4.69, 9.17) is 28.3 Å². The van der Waals surface area contributed by atoms with Crippen molar-refractivity contribution in [3.8, 4) is 0 Å². The lowest BCUT2D eigenvalue weighted by atomic mass is 10.2. The van der Waals surface area contributed by atoms with E-state index >= 15 is 0 Å². The van der Waals surface area contributed by atoms with Gasteiger partial charge >= 0.3 is 5.97 Å². The number of amides is 1. The minimum absolute atomic E-state index is 0.246. The molecule has 0 aliphatic carbocycles. The summed E-state index contributed by atoms with van der Waals surface area (Å²) in [7, 11) is 0. The molecule has 2 N–H and O–H groups in total. The second kappa shape index (κ2) is 7.62. The van der Waals surface area contributed by atoms with Gasteiger partial charge in [-0.3, -0.25) is 4.79 Å². The summed E-state index contributed by atoms with van der Waals surface area (Å²) in [6, 6.07) is 4.29. The lowest BCUT2D eigenvalue weighted by molar-refractivity contribution is -0.140. The van der Waals surface area contributed by atoms with Crippen LogP contribution in [-0.2, 0) is 15.3 Å². The second-order valence-electron chi connectivity index (χ2n) is 3.81. The molecule has 0 saturated heterocycles. The summed E-state index contributed by atoms with van der Waals surface area (Å²) in [6.07, 6.45) is 0. The number of hydrogen-bond donors (Lipinski definition) is 2. The molecule has 104 valence electrons. The van der Waals surface area contributed by atoms with E-state index in [0.29, 0.717) is 15.8 Å². The molecule has 0 aliphatic heterocycles. The molecule has 0 aliphatic rings. The molecule has 1 aromatic carbocycles. The second-order valence-corrected chi connectivity index (χ2v) is 5.65. The Morgan fingerprint density at radius 2 is 1.95 bits per heavy atom. The average Bonchev–Trinajstić information content (AvgIpc) is 2.30. The summed E-state index contributed by atoms with van der Waals surface area (Å²) in [5.41, 5.74) is 0.766. The van der Waals surface area contributed by atoms with Crippen LogP contribution in [-0.4, -0.2) is 28.8 Å². The Kier molecular flexibility index (Phi) is 6.48. The molecule has 1 amide bonds. The predicted octanol–water partition coefficient (Wildman–Crippen LogP) is 2.82. The molecule has 1 aromatic rings. The molecule has 0 spiro atoms. The van der Waals surface area contributed by atoms with E-state index in [-0.39, 0.29) is 11.7 Å². The minimum Gasteiger partial charge on any atom is -0.480 e. The first kappa shape index (κ1) is 16.1. The van der Waals surface area contributed by atoms with Gasteiger partial charge in [0.05, 0.1) is 0 Å². The zero-order valence-corrected chi connectivity index (χ0v) is 12.5. The molecule has 0 bridgehead atoms. The Bertz CT molecular complexity index is 462. The van der Waals surface area contributed by atoms with Crippen LogP contribution in [0.5, 0.6) is 0 Å². The van der Waals surface area contributed by atoms with Crippen LogP contribution >= 0.6 is 35.0 Å². The van der Waals surface area contributed by atoms with E-state index in [2.05, 4.69) is 5.32 Å². The highest BCUT2D eigenvalue weighted by molar-refractivity contribution is 7.98. The van der Waals surface area contributed by atoms with E-state index in [1.54, 1.807) is 18.2 Å². The summed E-state index contributed by atoms with van der Waals surface area (Å²) < 4.78 is 0. The molecular formula is C12H13Cl2NO3S. The first-order valence-electron chi connectivity index (χ1n) is 5.42. The predicted molar refractivity (Wildman–Crippen MR) is 77.9 cm³/mol. The molecule has 1 rings (SSSR count). The zero-order valence-electron chi connectivity index (χ0n) is 10.2. The summed E-state index contributed by atoms with van der Waals surface area (Å²) in [6.45, 7) is 1.28. The molecule has 0 saturated carbocycles. The highest BCUT2D eigenvalue weighted by Gasteiger charge is 2.18. The number of hydrogen-bond acceptors (Lipinski definition) is 3. The number of carboxylic acids is 1. The Labute approximate surface area is 125 Å². The van der Waals surface area contributed by atoms with Gasteiger partial charge in [0.1, 0.15) is 6.04 Å². The van der Waals surface area contributed by atoms with Crippen LogP contribution in [0.1, 0.15) is 12.5 Å². The Morgan fingerprint density at radius 1 is 1.37 bits per heavy atom. The Hall–Kier alpha value is -0.910. The Morgan fingerprint density at radius 3 is 2.42 bits per heavy atom. The van der Waals surface area contributed by atoms with Crippen molar-refractivity contribution in [3.63, 3.8) is 0 Å². The molecule has 0 fully saturated rings. The van der Waals surface area contributed by atoms with Crippen LogP contribution in [0.3, 0.4) is 0 Å². The topological polar surface area (TPSA) is 66.4 Å². The third-order valence-electron chi connectivity index (χ3n) is 2.27. The largest absolute Gasteiger partial charge is 0.480 e. The molecule has 1 atom stereocenters. The lowest BCUT2D eigenvalue weighted by Crippen LogP contribution is -2.41. The summed E-state index contributed by atoms with van der Waals surface area (Å²) in [5.74, 6) is -0.699. The summed E-state index contributed by atoms with van der Waals surface area (Å²) in [5, 5.41) is 12.4. The number of thioether (sulfide) groups is 1. The van der Waals surface area contributed by atoms with Gasteiger partial charge in [-0.25, -0.2) is 4.79 Å². The Balaban J connectivity index is 2.57. The lowest BCUT2D eigenvalue weighted by Gasteiger charge is -2.13. The van der Waals surface area contributed by atoms with Crippen molar-refractivity contribution in [1.29, 1.82) is 0 Å². The number of rotatable bonds is 6. The van der Waals surface area contributed by atoms with Gasteiger partial charge in [-0.05, 0) is 17.7 Å². The maximum absolute atomic E-state index is 10.9. The SMILES string of the molecule is CC(=O)N[C@@H](CSCc1c(Cl)cccc1Cl)C(=O)O. The summed E-state index contributed by atoms with van der Waals surface area (Å²) >= 11 is 13.4. The summed E-state index contributed by atoms with van der Waals surface area (Å²) in [4.78, 5) is 21.8. The number of halogens is 2. The first-order chi connectivity index (χ1) is 8.91. The minimum atomic E-state index is -1.06. The number of nitrogens with one attached hydrogen (secondary N) is 1. The molecular weight excluding hydrogens is 309 g/mol. The molecule has 7 heteroatoms. The monoisotopic (exact) mass is 321 g/mol. The fraction of sp³-hybridized carbons (Fsp3) is 0.333. The highest BCUT2D eigenvalue weighted by atomic mass is 35.5. The number of aliphatic carboxylic acids is 1. The van der Waals surface area contributed by atoms with Crippen LogP contribution in [0, 0.1) is 0 Å². The van der Waals surface area contributed by atoms with E-state index in [1.165, 1.54) is 18.7 Å². The molecule has 19 heavy (non-hydrogen) atoms. The van der Waals surface area contributed by atoms with Gasteiger partial charge in [0.2, 0.25) is 5.91 Å². The van der Waals surface area contributed by atoms with Gasteiger partial charge in [0.15, 0.2) is 0 Å². The van der Waals surface area contributed by atoms with Crippen LogP contribution in [0.25, 0.3) is 0 Å². The third-order valence-corrected chi connectivity index (χ3v) is 4.04. The fourth-order valence-corrected chi connectivity index (χ4v) is 3.15. The normalized spacial score (nSPS) is 11.9. The van der Waals surface area contributed by atoms with Crippen LogP contribution < -0.4 is 5.32 Å². The van der Waals surface area contributed by atoms with Crippen LogP contribution in [0.2, 0.25) is 10.0 Å². The van der Waals surface area contributed by atoms with E-state index in [9.17, 15) is 9.59 Å². The van der Waals surface area contributed by atoms with Crippen molar-refractivity contribution < 1.29 is 14.7 Å². The van der Waals surface area contributed by atoms with Crippen molar-refractivity contribution in [2.24, 2.45) is 0 Å². The zero-order chi connectivity index (χ0) is 14.4. The van der Waals surface area contributed by atoms with Gasteiger partial charge in [-0.2, -0.15) is 11.8 Å². The molecule has 0 aromatic heterocycles. The van der Waals surface area contributed by atoms with Crippen molar-refractivity contribution in [2.75, 3.05) is 5.75 Å². The van der Waals surface area contributed by atoms with Gasteiger partial charge in [0, 0.05) is 28.5 Å². The molecule has 0 radical (unpaired) electrons. The number of carbonyl (C=O) groups excluding carboxylic acids is 1. The van der Waals surface area contributed by atoms with Crippen molar-refractivity contribution in [3.05, 3.63) is 33.8 Å². The molecule has 0 heterocycles. The van der Waals surface area contributed by atoms with Gasteiger partial charge < -0.3 is 10.4 Å². The first-order valence-corrected chi connectivity index (χ1v) is 7.33. The fourth-order valence-electron chi connectivity index (χ4n) is 1.37. The molecule has 0 unspecified atom stereocenters. The maximum Gasteiger partial charge on any atom is 0.327 e. The standard InChI is InChI=1S/C12H13Cl2NO3S/c1-7(16)15-11(12(17)18)6-19-5-8-9(13)3-2-4-10(8)14/h2-4,11H,5-6H2,1H3,(H,15,16)(H,17,18)/t11-/m0/s1. The van der Waals surface area contributed by atoms with E-state index < -0.39 is 12.0 Å². The van der Waals surface area contributed by atoms with Crippen molar-refractivity contribution in [1.82, 2.24) is 5.32 Å². The quantitative estimate of drug-likeness (QED) is 0.845. The van der Waals surface area contributed by atoms with Crippen LogP contribution in [0.15, 0.2) is 18.2 Å². The smallest absolute Gasteiger partial charge is 0.327 e. The number of carboxylic acid groups (broad SMARTS) is 1. The third kappa shape index (κ3) is 5.30. The van der Waals surface area contributed by atoms with Gasteiger partial charge in [-0.1, -0.05) is 29.3 Å². The van der Waals surface area contributed by atoms with Gasteiger partial charge in [-0.15, -0.1) is 0 Å². The van der Waals surface area contributed by atoms with Crippen molar-refractivity contribution >= 4 is 46.8 Å². The van der Waals surface area contributed by atoms with E-state index in [1.807, 2.05) is 0 Å². The number of benzene rings is 1.